The molecule has 2 nitrogen and oxygen atoms in total. The van der Waals surface area contributed by atoms with Crippen molar-refractivity contribution < 1.29 is 10.1 Å². The Labute approximate surface area is 146 Å². The zero-order chi connectivity index (χ0) is 17.2. The zero-order valence-electron chi connectivity index (χ0n) is 16.4. The molecule has 0 atom stereocenters. The van der Waals surface area contributed by atoms with E-state index in [-0.39, 0.29) is 5.60 Å². The molecule has 0 aromatic heterocycles. The molecule has 140 valence electrons. The molecule has 0 aliphatic heterocycles. The summed E-state index contributed by atoms with van der Waals surface area (Å²) in [5.41, 5.74) is -0.258. The van der Waals surface area contributed by atoms with Gasteiger partial charge in [-0.1, -0.05) is 111 Å². The van der Waals surface area contributed by atoms with Crippen molar-refractivity contribution in [2.75, 3.05) is 0 Å². The molecular weight excluding hydrogens is 284 g/mol. The van der Waals surface area contributed by atoms with E-state index in [9.17, 15) is 5.26 Å². The summed E-state index contributed by atoms with van der Waals surface area (Å²) in [5, 5.41) is 9.47. The molecular formula is C21H44O2. The summed E-state index contributed by atoms with van der Waals surface area (Å²) in [5.74, 6) is 0. The first-order valence-electron chi connectivity index (χ1n) is 10.6. The van der Waals surface area contributed by atoms with Gasteiger partial charge in [-0.2, -0.15) is 0 Å². The number of hydrogen-bond donors (Lipinski definition) is 1. The fraction of sp³-hybridized carbons (Fsp3) is 1.00. The fourth-order valence-corrected chi connectivity index (χ4v) is 3.44. The van der Waals surface area contributed by atoms with Crippen LogP contribution in [0.5, 0.6) is 0 Å². The van der Waals surface area contributed by atoms with Crippen molar-refractivity contribution in [2.24, 2.45) is 0 Å². The lowest BCUT2D eigenvalue weighted by atomic mass is 9.85. The summed E-state index contributed by atoms with van der Waals surface area (Å²) in [7, 11) is 0. The second-order valence-electron chi connectivity index (χ2n) is 7.41. The van der Waals surface area contributed by atoms with Crippen molar-refractivity contribution in [3.05, 3.63) is 0 Å². The van der Waals surface area contributed by atoms with Crippen LogP contribution in [0.4, 0.5) is 0 Å². The molecule has 2 heteroatoms. The van der Waals surface area contributed by atoms with E-state index >= 15 is 0 Å². The van der Waals surface area contributed by atoms with Gasteiger partial charge in [0.2, 0.25) is 0 Å². The quantitative estimate of drug-likeness (QED) is 0.157. The van der Waals surface area contributed by atoms with Gasteiger partial charge in [0.25, 0.3) is 0 Å². The Balaban J connectivity index is 3.76. The Morgan fingerprint density at radius 2 is 0.870 bits per heavy atom. The van der Waals surface area contributed by atoms with Crippen LogP contribution < -0.4 is 0 Å². The summed E-state index contributed by atoms with van der Waals surface area (Å²) in [6, 6.07) is 0. The second kappa shape index (κ2) is 16.8. The monoisotopic (exact) mass is 328 g/mol. The third kappa shape index (κ3) is 12.9. The van der Waals surface area contributed by atoms with Gasteiger partial charge in [-0.05, 0) is 19.3 Å². The smallest absolute Gasteiger partial charge is 0.103 e. The predicted octanol–water partition coefficient (Wildman–Crippen LogP) is 7.91. The van der Waals surface area contributed by atoms with E-state index < -0.39 is 0 Å². The maximum absolute atomic E-state index is 9.47. The molecule has 0 aromatic rings. The Kier molecular flexibility index (Phi) is 16.7. The maximum Gasteiger partial charge on any atom is 0.103 e. The van der Waals surface area contributed by atoms with Gasteiger partial charge in [-0.15, -0.1) is 0 Å². The van der Waals surface area contributed by atoms with Gasteiger partial charge in [0.15, 0.2) is 0 Å². The van der Waals surface area contributed by atoms with Crippen LogP contribution in [0, 0.1) is 0 Å². The fourth-order valence-electron chi connectivity index (χ4n) is 3.44. The van der Waals surface area contributed by atoms with Crippen molar-refractivity contribution in [1.29, 1.82) is 0 Å². The minimum absolute atomic E-state index is 0.258. The molecule has 0 fully saturated rings. The van der Waals surface area contributed by atoms with Crippen LogP contribution in [0.15, 0.2) is 0 Å². The molecule has 0 radical (unpaired) electrons. The molecule has 0 amide bonds. The molecule has 0 saturated carbocycles. The highest BCUT2D eigenvalue weighted by Gasteiger charge is 2.29. The zero-order valence-corrected chi connectivity index (χ0v) is 16.4. The molecule has 0 aromatic carbocycles. The highest BCUT2D eigenvalue weighted by Crippen LogP contribution is 2.31. The van der Waals surface area contributed by atoms with E-state index in [1.165, 1.54) is 77.0 Å². The average Bonchev–Trinajstić information content (AvgIpc) is 2.58. The van der Waals surface area contributed by atoms with Crippen molar-refractivity contribution in [1.82, 2.24) is 0 Å². The lowest BCUT2D eigenvalue weighted by Gasteiger charge is -2.30. The van der Waals surface area contributed by atoms with Gasteiger partial charge in [0.05, 0.1) is 0 Å². The third-order valence-electron chi connectivity index (χ3n) is 5.15. The van der Waals surface area contributed by atoms with E-state index in [2.05, 4.69) is 20.8 Å². The van der Waals surface area contributed by atoms with Crippen molar-refractivity contribution in [3.63, 3.8) is 0 Å². The van der Waals surface area contributed by atoms with Crippen LogP contribution in [0.25, 0.3) is 0 Å². The van der Waals surface area contributed by atoms with E-state index in [0.29, 0.717) is 0 Å². The van der Waals surface area contributed by atoms with E-state index in [4.69, 9.17) is 4.89 Å². The molecule has 0 aliphatic rings. The summed E-state index contributed by atoms with van der Waals surface area (Å²) in [6.45, 7) is 6.70. The van der Waals surface area contributed by atoms with E-state index in [1.54, 1.807) is 0 Å². The molecule has 0 rings (SSSR count). The second-order valence-corrected chi connectivity index (χ2v) is 7.41. The standard InChI is InChI=1S/C21H44O2/c1-4-7-10-11-12-13-14-15-16-17-20-21(23-22,18-8-5-2)19-9-6-3/h22H,4-20H2,1-3H3. The largest absolute Gasteiger partial charge is 0.251 e. The Morgan fingerprint density at radius 3 is 1.26 bits per heavy atom. The van der Waals surface area contributed by atoms with E-state index in [1.807, 2.05) is 0 Å². The molecule has 0 heterocycles. The van der Waals surface area contributed by atoms with Gasteiger partial charge in [-0.3, -0.25) is 5.26 Å². The van der Waals surface area contributed by atoms with Crippen molar-refractivity contribution >= 4 is 0 Å². The Bertz CT molecular complexity index is 220. The molecule has 0 unspecified atom stereocenters. The lowest BCUT2D eigenvalue weighted by Crippen LogP contribution is -2.31. The predicted molar refractivity (Wildman–Crippen MR) is 102 cm³/mol. The summed E-state index contributed by atoms with van der Waals surface area (Å²) in [6.07, 6.45) is 21.3. The highest BCUT2D eigenvalue weighted by molar-refractivity contribution is 4.79. The normalized spacial score (nSPS) is 12.0. The van der Waals surface area contributed by atoms with Crippen LogP contribution in [0.2, 0.25) is 0 Å². The number of rotatable bonds is 18. The van der Waals surface area contributed by atoms with Crippen molar-refractivity contribution in [2.45, 2.75) is 136 Å². The van der Waals surface area contributed by atoms with Crippen molar-refractivity contribution in [3.8, 4) is 0 Å². The lowest BCUT2D eigenvalue weighted by molar-refractivity contribution is -0.330. The number of hydrogen-bond acceptors (Lipinski definition) is 2. The SMILES string of the molecule is CCCCCCCCCCCCC(CCCC)(CCCC)OO. The molecule has 0 aliphatic carbocycles. The first-order valence-corrected chi connectivity index (χ1v) is 10.6. The molecule has 0 spiro atoms. The van der Waals surface area contributed by atoms with Gasteiger partial charge < -0.3 is 0 Å². The molecule has 0 bridgehead atoms. The minimum Gasteiger partial charge on any atom is -0.251 e. The molecule has 0 saturated heterocycles. The van der Waals surface area contributed by atoms with Gasteiger partial charge in [-0.25, -0.2) is 4.89 Å². The van der Waals surface area contributed by atoms with Crippen LogP contribution in [0.3, 0.4) is 0 Å². The van der Waals surface area contributed by atoms with Gasteiger partial charge >= 0.3 is 0 Å². The highest BCUT2D eigenvalue weighted by atomic mass is 17.1. The Hall–Kier alpha value is -0.0800. The molecule has 23 heavy (non-hydrogen) atoms. The Morgan fingerprint density at radius 1 is 0.522 bits per heavy atom. The van der Waals surface area contributed by atoms with Crippen LogP contribution >= 0.6 is 0 Å². The van der Waals surface area contributed by atoms with Crippen LogP contribution in [-0.4, -0.2) is 10.9 Å². The maximum atomic E-state index is 9.47. The average molecular weight is 329 g/mol. The minimum atomic E-state index is -0.258. The van der Waals surface area contributed by atoms with Gasteiger partial charge in [0, 0.05) is 0 Å². The van der Waals surface area contributed by atoms with Gasteiger partial charge in [0.1, 0.15) is 5.60 Å². The summed E-state index contributed by atoms with van der Waals surface area (Å²) in [4.78, 5) is 5.02. The number of unbranched alkanes of at least 4 members (excludes halogenated alkanes) is 11. The first-order chi connectivity index (χ1) is 11.2. The van der Waals surface area contributed by atoms with Crippen LogP contribution in [-0.2, 0) is 4.89 Å². The summed E-state index contributed by atoms with van der Waals surface area (Å²) >= 11 is 0. The van der Waals surface area contributed by atoms with E-state index in [0.717, 1.165) is 32.1 Å². The molecule has 1 N–H and O–H groups in total. The summed E-state index contributed by atoms with van der Waals surface area (Å²) < 4.78 is 0. The topological polar surface area (TPSA) is 29.5 Å². The van der Waals surface area contributed by atoms with Crippen LogP contribution in [0.1, 0.15) is 130 Å². The third-order valence-corrected chi connectivity index (χ3v) is 5.15. The first kappa shape index (κ1) is 22.9.